The van der Waals surface area contributed by atoms with Gasteiger partial charge in [-0.25, -0.2) is 18.0 Å². The number of likely N-dealkylation sites (tertiary alicyclic amines) is 1. The van der Waals surface area contributed by atoms with Crippen molar-refractivity contribution in [3.63, 3.8) is 0 Å². The minimum absolute atomic E-state index is 0.0324. The summed E-state index contributed by atoms with van der Waals surface area (Å²) in [5.41, 5.74) is 39.0. The van der Waals surface area contributed by atoms with Crippen molar-refractivity contribution in [1.82, 2.24) is 35.6 Å². The average Bonchev–Trinajstić information content (AvgIpc) is 0.902. The van der Waals surface area contributed by atoms with Crippen molar-refractivity contribution in [2.45, 2.75) is 158 Å². The number of amides is 2. The molecule has 1 atom stereocenters. The second-order valence-corrected chi connectivity index (χ2v) is 29.6. The number of anilines is 1. The van der Waals surface area contributed by atoms with E-state index in [4.69, 9.17) is 79.5 Å². The highest BCUT2D eigenvalue weighted by atomic mass is 32.2. The van der Waals surface area contributed by atoms with Gasteiger partial charge in [0, 0.05) is 136 Å². The number of sulfone groups is 1. The zero-order chi connectivity index (χ0) is 81.3. The quantitative estimate of drug-likeness (QED) is 0.0857. The first-order valence-electron chi connectivity index (χ1n) is 36.6. The number of hydrogen-bond acceptors (Lipinski definition) is 27. The standard InChI is InChI=1S/C10H14N2.2C8H17NO3.C7H9N.C6H14N2.C6H8N2.C6H13NO2.C5H11NO.C5H12O.C4H9NO.C4H11N.C3H9NO2S.C3H7NO/c1-2-4-10(5-3-1)12-8-6-11-7-9-12;1-8(2,3)12-7(11)9(4)5-6-10;1-6(5-10)9-7(11)12-8(2,3)4;8-6-7-4-2-1-3-5-7;1-8-4-2-6(7)3-5-8;7-4-6-2-1-3-8-5-6;8-4-1-7-2-5-9-6-3-7;1-5(7)3-2-4-6;1-5(2)3-4-6;1-3-6-4-2-5-1;1-4(2)3-5;1-7(5,6)3-2-4;1-3(5)2-4/h1-5,11H,6-9H2;10H,5-6H2,1-4H3;6,10H,5H2,1-4H3,(H,9,11);1-5H,6,8H2;6H,2-5,7H2,1H3;1-3,5H,4,7H2;8H,1-6H2;2-4,6H2,1H3;5-6H,3-4H2,1-2H3;5H,1-4H2;4H,3,5H2,1-2H3;2-4H2,1H3;2,4H2,1H3. The molecule has 29 nitrogen and oxygen atoms in total. The molecule has 1 unspecified atom stereocenters. The van der Waals surface area contributed by atoms with Gasteiger partial charge >= 0.3 is 12.2 Å². The molecule has 30 heteroatoms. The monoisotopic (exact) mass is 1520 g/mol. The Balaban J connectivity index is -0.000000255. The second kappa shape index (κ2) is 75.4. The van der Waals surface area contributed by atoms with Crippen molar-refractivity contribution in [2.75, 3.05) is 189 Å². The maximum atomic E-state index is 11.1. The zero-order valence-electron chi connectivity index (χ0n) is 67.6. The van der Waals surface area contributed by atoms with Crippen LogP contribution in [0.15, 0.2) is 85.2 Å². The number of piperidine rings is 1. The number of β-amino-alcohol motifs (C(OH)–C–C–N with tert-alkyl or cyclic N) is 1. The van der Waals surface area contributed by atoms with Crippen molar-refractivity contribution in [3.8, 4) is 0 Å². The highest BCUT2D eigenvalue weighted by Gasteiger charge is 2.20. The number of carbonyl (C=O) groups is 4. The van der Waals surface area contributed by atoms with E-state index in [1.807, 2.05) is 42.5 Å². The van der Waals surface area contributed by atoms with E-state index in [1.54, 1.807) is 74.8 Å². The van der Waals surface area contributed by atoms with Gasteiger partial charge in [-0.15, -0.1) is 0 Å². The Kier molecular flexibility index (Phi) is 79.3. The van der Waals surface area contributed by atoms with Crippen LogP contribution in [0.1, 0.15) is 133 Å². The first-order chi connectivity index (χ1) is 49.4. The van der Waals surface area contributed by atoms with Gasteiger partial charge in [0.2, 0.25) is 0 Å². The van der Waals surface area contributed by atoms with Crippen LogP contribution in [-0.2, 0) is 51.5 Å². The van der Waals surface area contributed by atoms with Crippen LogP contribution in [-0.4, -0.2) is 279 Å². The number of ether oxygens (including phenoxy) is 4. The first-order valence-corrected chi connectivity index (χ1v) is 38.7. The average molecular weight is 1520 g/mol. The van der Waals surface area contributed by atoms with Crippen molar-refractivity contribution in [1.29, 1.82) is 0 Å². The number of ketones is 2. The summed E-state index contributed by atoms with van der Waals surface area (Å²) in [5.74, 6) is 1.66. The molecule has 0 bridgehead atoms. The predicted octanol–water partition coefficient (Wildman–Crippen LogP) is 3.94. The van der Waals surface area contributed by atoms with Gasteiger partial charge in [0.15, 0.2) is 0 Å². The number of Topliss-reactive ketones (excluding diaryl/α,β-unsaturated/α-hetero) is 2. The molecule has 2 aromatic carbocycles. The molecule has 0 saturated carbocycles. The van der Waals surface area contributed by atoms with E-state index >= 15 is 0 Å². The van der Waals surface area contributed by atoms with Gasteiger partial charge < -0.3 is 115 Å². The Morgan fingerprint density at radius 2 is 1.15 bits per heavy atom. The lowest BCUT2D eigenvalue weighted by atomic mass is 10.1. The molecule has 4 fully saturated rings. The number of carbonyl (C=O) groups excluding carboxylic acids is 4. The second-order valence-electron chi connectivity index (χ2n) is 27.3. The molecule has 1 aromatic heterocycles. The van der Waals surface area contributed by atoms with Crippen LogP contribution in [0.4, 0.5) is 15.3 Å². The summed E-state index contributed by atoms with van der Waals surface area (Å²) in [6, 6.07) is 24.6. The van der Waals surface area contributed by atoms with Gasteiger partial charge in [-0.05, 0) is 162 Å². The molecule has 21 N–H and O–H groups in total. The van der Waals surface area contributed by atoms with Crippen LogP contribution in [0.25, 0.3) is 0 Å². The Morgan fingerprint density at radius 1 is 0.667 bits per heavy atom. The van der Waals surface area contributed by atoms with E-state index in [2.05, 4.69) is 101 Å². The Morgan fingerprint density at radius 3 is 1.45 bits per heavy atom. The number of aliphatic hydroxyl groups excluding tert-OH is 4. The van der Waals surface area contributed by atoms with Crippen molar-refractivity contribution in [3.05, 3.63) is 96.3 Å². The minimum atomic E-state index is -2.80. The molecule has 2 amide bonds. The summed E-state index contributed by atoms with van der Waals surface area (Å²) in [7, 11) is 0.933. The lowest BCUT2D eigenvalue weighted by Crippen LogP contribution is -2.43. The molecule has 0 aliphatic carbocycles. The number of nitrogens with two attached hydrogens (primary N) is 7. The smallest absolute Gasteiger partial charge is 0.410 e. The number of alkyl carbamates (subject to hydrolysis) is 1. The van der Waals surface area contributed by atoms with Gasteiger partial charge in [-0.2, -0.15) is 0 Å². The van der Waals surface area contributed by atoms with E-state index in [-0.39, 0.29) is 56.3 Å². The number of nitrogens with one attached hydrogen (secondary N) is 3. The molecule has 4 saturated heterocycles. The Bertz CT molecular complexity index is 2410. The molecule has 5 heterocycles. The van der Waals surface area contributed by atoms with Gasteiger partial charge in [0.1, 0.15) is 32.6 Å². The van der Waals surface area contributed by atoms with Crippen molar-refractivity contribution < 1.29 is 67.0 Å². The van der Waals surface area contributed by atoms with Gasteiger partial charge in [-0.1, -0.05) is 82.3 Å². The van der Waals surface area contributed by atoms with E-state index in [0.29, 0.717) is 57.1 Å². The SMILES string of the molecule is C1COCCN1.CC(=O)CCCN.CC(=O)CN.CC(C)CCO.CC(C)CN.CC(CO)NC(=O)OC(C)(C)C.CN(CCO)C(=O)OC(C)(C)C.CN1CCC(N)CC1.CS(=O)(=O)CCN.NCc1ccccc1.NCc1cccnc1.OCCN1CCOCC1.c1ccc(N2CCNCC2)cc1. The molecule has 616 valence electrons. The van der Waals surface area contributed by atoms with Crippen LogP contribution in [0.3, 0.4) is 0 Å². The molecular weight excluding hydrogens is 1370 g/mol. The van der Waals surface area contributed by atoms with Gasteiger partial charge in [-0.3, -0.25) is 14.7 Å². The van der Waals surface area contributed by atoms with E-state index < -0.39 is 33.2 Å². The largest absolute Gasteiger partial charge is 0.444 e. The van der Waals surface area contributed by atoms with Gasteiger partial charge in [0.25, 0.3) is 0 Å². The van der Waals surface area contributed by atoms with Crippen molar-refractivity contribution >= 4 is 39.3 Å². The van der Waals surface area contributed by atoms with E-state index in [0.717, 1.165) is 110 Å². The molecule has 7 rings (SSSR count). The summed E-state index contributed by atoms with van der Waals surface area (Å²) in [6.45, 7) is 42.7. The van der Waals surface area contributed by atoms with Crippen LogP contribution >= 0.6 is 0 Å². The fraction of sp³-hybridized carbons (Fsp3) is 0.720. The normalized spacial score (nSPS) is 14.3. The zero-order valence-corrected chi connectivity index (χ0v) is 68.4. The third-order valence-electron chi connectivity index (χ3n) is 13.3. The highest BCUT2D eigenvalue weighted by molar-refractivity contribution is 7.90. The third kappa shape index (κ3) is 92.7. The summed E-state index contributed by atoms with van der Waals surface area (Å²) in [4.78, 5) is 54.1. The molecule has 0 spiro atoms. The number of aromatic nitrogens is 1. The number of morpholine rings is 2. The summed E-state index contributed by atoms with van der Waals surface area (Å²) >= 11 is 0. The van der Waals surface area contributed by atoms with Crippen LogP contribution < -0.4 is 61.0 Å². The summed E-state index contributed by atoms with van der Waals surface area (Å²) in [5, 5.41) is 42.9. The van der Waals surface area contributed by atoms with E-state index in [9.17, 15) is 27.6 Å². The molecule has 3 aromatic rings. The minimum Gasteiger partial charge on any atom is -0.444 e. The highest BCUT2D eigenvalue weighted by Crippen LogP contribution is 2.13. The van der Waals surface area contributed by atoms with Crippen LogP contribution in [0.2, 0.25) is 0 Å². The molecule has 4 aliphatic heterocycles. The molecule has 105 heavy (non-hydrogen) atoms. The van der Waals surface area contributed by atoms with Gasteiger partial charge in [0.05, 0.1) is 64.6 Å². The number of pyridine rings is 1. The van der Waals surface area contributed by atoms with Crippen molar-refractivity contribution in [2.24, 2.45) is 52.0 Å². The predicted molar refractivity (Wildman–Crippen MR) is 430 cm³/mol. The lowest BCUT2D eigenvalue weighted by molar-refractivity contribution is -0.117. The Hall–Kier alpha value is -5.46. The Labute approximate surface area is 634 Å². The number of para-hydroxylation sites is 1. The maximum absolute atomic E-state index is 11.1. The van der Waals surface area contributed by atoms with E-state index in [1.165, 1.54) is 55.3 Å². The number of aliphatic hydroxyl groups is 4. The fourth-order valence-corrected chi connectivity index (χ4v) is 7.59. The summed E-state index contributed by atoms with van der Waals surface area (Å²) in [6.07, 6.45) is 8.51. The number of hydrogen-bond donors (Lipinski definition) is 14. The fourth-order valence-electron chi connectivity index (χ4n) is 7.16. The number of benzene rings is 2. The van der Waals surface area contributed by atoms with Crippen LogP contribution in [0, 0.1) is 11.8 Å². The molecule has 4 aliphatic rings. The molecule has 0 radical (unpaired) electrons. The maximum Gasteiger partial charge on any atom is 0.410 e. The topological polar surface area (TPSA) is 464 Å². The third-order valence-corrected chi connectivity index (χ3v) is 14.2. The number of nitrogens with zero attached hydrogens (tertiary/aromatic N) is 5. The number of rotatable bonds is 18. The lowest BCUT2D eigenvalue weighted by Gasteiger charge is -2.29. The number of piperazine rings is 1. The molecular formula is C75H151N15O14S. The summed E-state index contributed by atoms with van der Waals surface area (Å²) < 4.78 is 40.4. The first kappa shape index (κ1) is 110. The number of likely N-dealkylation sites (N-methyl/N-ethyl adjacent to an activating group) is 1. The van der Waals surface area contributed by atoms with Crippen LogP contribution in [0.5, 0.6) is 0 Å².